The number of hydrogen-bond donors (Lipinski definition) is 0. The fourth-order valence-electron chi connectivity index (χ4n) is 0.691. The maximum atomic E-state index is 3.78. The first kappa shape index (κ1) is 8.35. The molecule has 0 unspecified atom stereocenters. The molecule has 0 aromatic heterocycles. The molecule has 0 N–H and O–H groups in total. The van der Waals surface area contributed by atoms with Crippen LogP contribution in [0.1, 0.15) is 26.7 Å². The van der Waals surface area contributed by atoms with Crippen LogP contribution in [0.2, 0.25) is 0 Å². The molecule has 0 aromatic rings. The van der Waals surface area contributed by atoms with Gasteiger partial charge in [0.15, 0.2) is 0 Å². The maximum Gasteiger partial charge on any atom is 0.00418 e. The molecule has 8 heavy (non-hydrogen) atoms. The number of rotatable bonds is 4. The van der Waals surface area contributed by atoms with Gasteiger partial charge in [0, 0.05) is 5.25 Å². The highest BCUT2D eigenvalue weighted by Gasteiger charge is 1.99. The van der Waals surface area contributed by atoms with Gasteiger partial charge in [0.2, 0.25) is 0 Å². The second kappa shape index (κ2) is 5.49. The molecule has 49 valence electrons. The molecule has 0 spiro atoms. The summed E-state index contributed by atoms with van der Waals surface area (Å²) in [6.45, 7) is 8.25. The van der Waals surface area contributed by atoms with Crippen LogP contribution in [-0.2, 0) is 0 Å². The second-order valence-corrected chi connectivity index (χ2v) is 3.22. The quantitative estimate of drug-likeness (QED) is 0.565. The lowest BCUT2D eigenvalue weighted by atomic mass is 10.3. The van der Waals surface area contributed by atoms with Gasteiger partial charge in [-0.15, -0.1) is 0 Å². The van der Waals surface area contributed by atoms with Gasteiger partial charge in [-0.25, -0.2) is 0 Å². The van der Waals surface area contributed by atoms with Crippen molar-refractivity contribution in [3.63, 3.8) is 0 Å². The van der Waals surface area contributed by atoms with Gasteiger partial charge in [-0.1, -0.05) is 13.8 Å². The van der Waals surface area contributed by atoms with Crippen LogP contribution in [0.4, 0.5) is 0 Å². The molecule has 0 rings (SSSR count). The van der Waals surface area contributed by atoms with Crippen LogP contribution in [0.3, 0.4) is 0 Å². The summed E-state index contributed by atoms with van der Waals surface area (Å²) in [6, 6.07) is 0. The summed E-state index contributed by atoms with van der Waals surface area (Å²) >= 11 is 1.97. The van der Waals surface area contributed by atoms with Crippen LogP contribution in [-0.4, -0.2) is 11.0 Å². The topological polar surface area (TPSA) is 0 Å². The first-order valence-corrected chi connectivity index (χ1v) is 4.30. The Kier molecular flexibility index (Phi) is 5.73. The van der Waals surface area contributed by atoms with Crippen molar-refractivity contribution in [3.05, 3.63) is 6.92 Å². The van der Waals surface area contributed by atoms with E-state index in [2.05, 4.69) is 20.8 Å². The summed E-state index contributed by atoms with van der Waals surface area (Å²) in [5.41, 5.74) is 0. The lowest BCUT2D eigenvalue weighted by Crippen LogP contribution is -1.97. The summed E-state index contributed by atoms with van der Waals surface area (Å²) < 4.78 is 0. The average Bonchev–Trinajstić information content (AvgIpc) is 1.83. The van der Waals surface area contributed by atoms with Crippen LogP contribution in [0.15, 0.2) is 0 Å². The highest BCUT2D eigenvalue weighted by Crippen LogP contribution is 2.16. The third-order valence-corrected chi connectivity index (χ3v) is 2.64. The average molecular weight is 131 g/mol. The predicted molar refractivity (Wildman–Crippen MR) is 42.2 cm³/mol. The van der Waals surface area contributed by atoms with E-state index in [9.17, 15) is 0 Å². The molecule has 0 bridgehead atoms. The van der Waals surface area contributed by atoms with Crippen molar-refractivity contribution in [2.24, 2.45) is 0 Å². The van der Waals surface area contributed by atoms with Crippen LogP contribution in [0.5, 0.6) is 0 Å². The molecule has 0 aliphatic heterocycles. The van der Waals surface area contributed by atoms with E-state index >= 15 is 0 Å². The zero-order valence-corrected chi connectivity index (χ0v) is 6.63. The summed E-state index contributed by atoms with van der Waals surface area (Å²) in [7, 11) is 0. The molecule has 0 aromatic carbocycles. The molecule has 0 nitrogen and oxygen atoms in total. The molecule has 0 saturated heterocycles. The number of thioether (sulfide) groups is 1. The molecule has 0 amide bonds. The first-order chi connectivity index (χ1) is 3.85. The monoisotopic (exact) mass is 131 g/mol. The van der Waals surface area contributed by atoms with E-state index in [1.807, 2.05) is 11.8 Å². The van der Waals surface area contributed by atoms with E-state index in [4.69, 9.17) is 0 Å². The first-order valence-electron chi connectivity index (χ1n) is 3.26. The summed E-state index contributed by atoms with van der Waals surface area (Å²) in [6.07, 6.45) is 2.58. The summed E-state index contributed by atoms with van der Waals surface area (Å²) in [5.74, 6) is 1.02. The van der Waals surface area contributed by atoms with Crippen LogP contribution < -0.4 is 0 Å². The lowest BCUT2D eigenvalue weighted by molar-refractivity contribution is 0.793. The fraction of sp³-hybridized carbons (Fsp3) is 0.857. The van der Waals surface area contributed by atoms with Crippen molar-refractivity contribution >= 4 is 11.8 Å². The van der Waals surface area contributed by atoms with E-state index in [1.54, 1.807) is 0 Å². The Labute approximate surface area is 57.1 Å². The fourth-order valence-corrected chi connectivity index (χ4v) is 1.50. The van der Waals surface area contributed by atoms with Crippen molar-refractivity contribution in [3.8, 4) is 0 Å². The Morgan fingerprint density at radius 1 is 1.38 bits per heavy atom. The normalized spacial score (nSPS) is 10.5. The smallest absolute Gasteiger partial charge is 0.00418 e. The Bertz CT molecular complexity index is 39.7. The molecule has 0 saturated carbocycles. The van der Waals surface area contributed by atoms with E-state index in [-0.39, 0.29) is 0 Å². The minimum atomic E-state index is 0.854. The zero-order chi connectivity index (χ0) is 6.41. The van der Waals surface area contributed by atoms with Gasteiger partial charge in [-0.2, -0.15) is 11.8 Å². The molecule has 0 aliphatic carbocycles. The summed E-state index contributed by atoms with van der Waals surface area (Å²) in [5, 5.41) is 0.854. The maximum absolute atomic E-state index is 3.78. The Hall–Kier alpha value is 0.350. The Morgan fingerprint density at radius 2 is 1.88 bits per heavy atom. The van der Waals surface area contributed by atoms with Crippen molar-refractivity contribution in [1.29, 1.82) is 0 Å². The van der Waals surface area contributed by atoms with E-state index in [0.717, 1.165) is 11.0 Å². The molecule has 0 atom stereocenters. The number of hydrogen-bond acceptors (Lipinski definition) is 1. The van der Waals surface area contributed by atoms with Crippen LogP contribution >= 0.6 is 11.8 Å². The van der Waals surface area contributed by atoms with Gasteiger partial charge >= 0.3 is 0 Å². The van der Waals surface area contributed by atoms with Crippen molar-refractivity contribution in [2.45, 2.75) is 31.9 Å². The van der Waals surface area contributed by atoms with E-state index < -0.39 is 0 Å². The molecular formula is C7H15S. The lowest BCUT2D eigenvalue weighted by Gasteiger charge is -2.08. The zero-order valence-electron chi connectivity index (χ0n) is 5.81. The van der Waals surface area contributed by atoms with Gasteiger partial charge < -0.3 is 0 Å². The molecule has 0 aliphatic rings. The van der Waals surface area contributed by atoms with Crippen molar-refractivity contribution in [2.75, 3.05) is 5.75 Å². The predicted octanol–water partition coefficient (Wildman–Crippen LogP) is 2.74. The molecule has 1 radical (unpaired) electrons. The Balaban J connectivity index is 3.07. The van der Waals surface area contributed by atoms with Gasteiger partial charge in [-0.05, 0) is 25.5 Å². The van der Waals surface area contributed by atoms with Gasteiger partial charge in [-0.3, -0.25) is 0 Å². The third kappa shape index (κ3) is 3.36. The SMILES string of the molecule is [CH2]CSC(CC)CC. The largest absolute Gasteiger partial charge is 0.159 e. The highest BCUT2D eigenvalue weighted by molar-refractivity contribution is 7.99. The minimum absolute atomic E-state index is 0.854. The van der Waals surface area contributed by atoms with E-state index in [0.29, 0.717) is 0 Å². The van der Waals surface area contributed by atoms with Crippen LogP contribution in [0.25, 0.3) is 0 Å². The molecule has 0 fully saturated rings. The molecule has 1 heteroatoms. The Morgan fingerprint density at radius 3 is 2.00 bits per heavy atom. The van der Waals surface area contributed by atoms with E-state index in [1.165, 1.54) is 12.8 Å². The minimum Gasteiger partial charge on any atom is -0.159 e. The van der Waals surface area contributed by atoms with Crippen LogP contribution in [0, 0.1) is 6.92 Å². The van der Waals surface area contributed by atoms with Gasteiger partial charge in [0.1, 0.15) is 0 Å². The highest BCUT2D eigenvalue weighted by atomic mass is 32.2. The standard InChI is InChI=1S/C7H15S/c1-4-7(5-2)8-6-3/h7H,3-6H2,1-2H3. The third-order valence-electron chi connectivity index (χ3n) is 1.26. The summed E-state index contributed by atoms with van der Waals surface area (Å²) in [4.78, 5) is 0. The van der Waals surface area contributed by atoms with Gasteiger partial charge in [0.25, 0.3) is 0 Å². The molecular weight excluding hydrogens is 116 g/mol. The second-order valence-electron chi connectivity index (χ2n) is 1.81. The van der Waals surface area contributed by atoms with Crippen molar-refractivity contribution < 1.29 is 0 Å². The molecule has 0 heterocycles. The van der Waals surface area contributed by atoms with Crippen molar-refractivity contribution in [1.82, 2.24) is 0 Å². The van der Waals surface area contributed by atoms with Gasteiger partial charge in [0.05, 0.1) is 0 Å².